The van der Waals surface area contributed by atoms with Crippen molar-refractivity contribution in [1.82, 2.24) is 9.80 Å². The van der Waals surface area contributed by atoms with Crippen LogP contribution < -0.4 is 4.90 Å². The van der Waals surface area contributed by atoms with Crippen LogP contribution in [-0.2, 0) is 4.79 Å². The quantitative estimate of drug-likeness (QED) is 0.846. The van der Waals surface area contributed by atoms with Crippen LogP contribution in [0.5, 0.6) is 0 Å². The van der Waals surface area contributed by atoms with Gasteiger partial charge in [-0.1, -0.05) is 31.0 Å². The smallest absolute Gasteiger partial charge is 0.225 e. The molecule has 0 aromatic heterocycles. The SMILES string of the molecule is O=C(C1CCCC1)N1CCC[C@@H](N2CCN(c3ccccc3)CC2)C1. The fourth-order valence-electron chi connectivity index (χ4n) is 4.87. The summed E-state index contributed by atoms with van der Waals surface area (Å²) in [5, 5.41) is 0. The summed E-state index contributed by atoms with van der Waals surface area (Å²) in [6, 6.07) is 11.3. The lowest BCUT2D eigenvalue weighted by Gasteiger charge is -2.44. The molecule has 3 aliphatic rings. The van der Waals surface area contributed by atoms with E-state index >= 15 is 0 Å². The Morgan fingerprint density at radius 3 is 2.28 bits per heavy atom. The Kier molecular flexibility index (Phi) is 5.25. The van der Waals surface area contributed by atoms with Crippen molar-refractivity contribution in [2.24, 2.45) is 5.92 Å². The second kappa shape index (κ2) is 7.77. The third-order valence-electron chi connectivity index (χ3n) is 6.36. The topological polar surface area (TPSA) is 26.8 Å². The maximum atomic E-state index is 12.8. The highest BCUT2D eigenvalue weighted by Crippen LogP contribution is 2.28. The summed E-state index contributed by atoms with van der Waals surface area (Å²) in [7, 11) is 0. The summed E-state index contributed by atoms with van der Waals surface area (Å²) in [4.78, 5) is 20.1. The number of para-hydroxylation sites is 1. The summed E-state index contributed by atoms with van der Waals surface area (Å²) >= 11 is 0. The number of hydrogen-bond donors (Lipinski definition) is 0. The second-order valence-electron chi connectivity index (χ2n) is 7.92. The molecule has 0 N–H and O–H groups in total. The number of amides is 1. The Hall–Kier alpha value is -1.55. The number of carbonyl (C=O) groups excluding carboxylic acids is 1. The van der Waals surface area contributed by atoms with Crippen molar-refractivity contribution >= 4 is 11.6 Å². The molecule has 25 heavy (non-hydrogen) atoms. The van der Waals surface area contributed by atoms with Crippen LogP contribution in [0.15, 0.2) is 30.3 Å². The van der Waals surface area contributed by atoms with Gasteiger partial charge in [0.2, 0.25) is 5.91 Å². The lowest BCUT2D eigenvalue weighted by atomic mass is 9.99. The van der Waals surface area contributed by atoms with Crippen LogP contribution in [0.1, 0.15) is 38.5 Å². The minimum absolute atomic E-state index is 0.327. The van der Waals surface area contributed by atoms with Gasteiger partial charge in [-0.15, -0.1) is 0 Å². The van der Waals surface area contributed by atoms with E-state index in [0.717, 1.165) is 52.1 Å². The van der Waals surface area contributed by atoms with E-state index in [-0.39, 0.29) is 0 Å². The first-order valence-corrected chi connectivity index (χ1v) is 10.1. The molecule has 136 valence electrons. The zero-order valence-electron chi connectivity index (χ0n) is 15.3. The number of rotatable bonds is 3. The summed E-state index contributed by atoms with van der Waals surface area (Å²) in [5.41, 5.74) is 1.34. The monoisotopic (exact) mass is 341 g/mol. The number of hydrogen-bond acceptors (Lipinski definition) is 3. The predicted molar refractivity (Wildman–Crippen MR) is 102 cm³/mol. The Balaban J connectivity index is 1.31. The molecular weight excluding hydrogens is 310 g/mol. The minimum Gasteiger partial charge on any atom is -0.369 e. The number of carbonyl (C=O) groups is 1. The van der Waals surface area contributed by atoms with Gasteiger partial charge in [0.15, 0.2) is 0 Å². The zero-order chi connectivity index (χ0) is 17.1. The van der Waals surface area contributed by atoms with Crippen molar-refractivity contribution in [3.63, 3.8) is 0 Å². The maximum Gasteiger partial charge on any atom is 0.225 e. The van der Waals surface area contributed by atoms with E-state index in [0.29, 0.717) is 17.9 Å². The molecule has 1 saturated carbocycles. The van der Waals surface area contributed by atoms with E-state index in [4.69, 9.17) is 0 Å². The van der Waals surface area contributed by atoms with E-state index < -0.39 is 0 Å². The number of piperazine rings is 1. The largest absolute Gasteiger partial charge is 0.369 e. The van der Waals surface area contributed by atoms with Gasteiger partial charge in [0.1, 0.15) is 0 Å². The average molecular weight is 341 g/mol. The standard InChI is InChI=1S/C21H31N3O/c25-21(18-7-4-5-8-18)24-12-6-11-20(17-24)23-15-13-22(14-16-23)19-9-2-1-3-10-19/h1-3,9-10,18,20H,4-8,11-17H2/t20-/m1/s1. The van der Waals surface area contributed by atoms with Crippen LogP contribution in [0, 0.1) is 5.92 Å². The summed E-state index contributed by atoms with van der Waals surface area (Å²) in [5.74, 6) is 0.777. The van der Waals surface area contributed by atoms with E-state index in [1.807, 2.05) is 0 Å². The van der Waals surface area contributed by atoms with Gasteiger partial charge in [0.05, 0.1) is 0 Å². The van der Waals surface area contributed by atoms with Crippen molar-refractivity contribution in [3.05, 3.63) is 30.3 Å². The first-order chi connectivity index (χ1) is 12.3. The molecule has 4 nitrogen and oxygen atoms in total. The molecule has 0 bridgehead atoms. The third kappa shape index (κ3) is 3.84. The highest BCUT2D eigenvalue weighted by molar-refractivity contribution is 5.79. The number of piperidine rings is 1. The fraction of sp³-hybridized carbons (Fsp3) is 0.667. The number of benzene rings is 1. The van der Waals surface area contributed by atoms with Gasteiger partial charge in [-0.25, -0.2) is 0 Å². The number of anilines is 1. The van der Waals surface area contributed by atoms with Crippen molar-refractivity contribution in [1.29, 1.82) is 0 Å². The normalized spacial score (nSPS) is 26.2. The average Bonchev–Trinajstić information content (AvgIpc) is 3.23. The Morgan fingerprint density at radius 2 is 1.56 bits per heavy atom. The molecule has 4 rings (SSSR count). The molecule has 1 atom stereocenters. The highest BCUT2D eigenvalue weighted by Gasteiger charge is 2.33. The van der Waals surface area contributed by atoms with Gasteiger partial charge in [-0.2, -0.15) is 0 Å². The maximum absolute atomic E-state index is 12.8. The molecule has 2 heterocycles. The van der Waals surface area contributed by atoms with Gasteiger partial charge in [-0.05, 0) is 37.8 Å². The van der Waals surface area contributed by atoms with Gasteiger partial charge in [0.25, 0.3) is 0 Å². The molecule has 2 saturated heterocycles. The van der Waals surface area contributed by atoms with Gasteiger partial charge < -0.3 is 9.80 Å². The lowest BCUT2D eigenvalue weighted by molar-refractivity contribution is -0.137. The summed E-state index contributed by atoms with van der Waals surface area (Å²) in [6.07, 6.45) is 7.15. The zero-order valence-corrected chi connectivity index (χ0v) is 15.3. The van der Waals surface area contributed by atoms with Crippen LogP contribution >= 0.6 is 0 Å². The van der Waals surface area contributed by atoms with Crippen molar-refractivity contribution in [2.75, 3.05) is 44.2 Å². The van der Waals surface area contributed by atoms with Crippen molar-refractivity contribution < 1.29 is 4.79 Å². The van der Waals surface area contributed by atoms with Gasteiger partial charge in [0, 0.05) is 56.9 Å². The van der Waals surface area contributed by atoms with Crippen molar-refractivity contribution in [3.8, 4) is 0 Å². The molecule has 1 amide bonds. The number of nitrogens with zero attached hydrogens (tertiary/aromatic N) is 3. The molecule has 1 aromatic rings. The van der Waals surface area contributed by atoms with Crippen LogP contribution in [0.4, 0.5) is 5.69 Å². The van der Waals surface area contributed by atoms with Crippen LogP contribution in [0.25, 0.3) is 0 Å². The van der Waals surface area contributed by atoms with Gasteiger partial charge in [-0.3, -0.25) is 9.69 Å². The van der Waals surface area contributed by atoms with Crippen LogP contribution in [0.2, 0.25) is 0 Å². The predicted octanol–water partition coefficient (Wildman–Crippen LogP) is 2.99. The van der Waals surface area contributed by atoms with Crippen LogP contribution in [0.3, 0.4) is 0 Å². The summed E-state index contributed by atoms with van der Waals surface area (Å²) < 4.78 is 0. The Bertz CT molecular complexity index is 562. The molecule has 0 unspecified atom stereocenters. The Morgan fingerprint density at radius 1 is 0.840 bits per heavy atom. The lowest BCUT2D eigenvalue weighted by Crippen LogP contribution is -2.56. The minimum atomic E-state index is 0.327. The van der Waals surface area contributed by atoms with E-state index in [9.17, 15) is 4.79 Å². The fourth-order valence-corrected chi connectivity index (χ4v) is 4.87. The first-order valence-electron chi connectivity index (χ1n) is 10.1. The molecule has 2 aliphatic heterocycles. The summed E-state index contributed by atoms with van der Waals surface area (Å²) in [6.45, 7) is 6.36. The molecule has 1 aromatic carbocycles. The molecular formula is C21H31N3O. The Labute approximate surface area is 151 Å². The van der Waals surface area contributed by atoms with E-state index in [2.05, 4.69) is 45.0 Å². The highest BCUT2D eigenvalue weighted by atomic mass is 16.2. The number of likely N-dealkylation sites (tertiary alicyclic amines) is 1. The molecule has 3 fully saturated rings. The van der Waals surface area contributed by atoms with Crippen LogP contribution in [-0.4, -0.2) is 61.0 Å². The molecule has 1 aliphatic carbocycles. The molecule has 0 spiro atoms. The molecule has 4 heteroatoms. The van der Waals surface area contributed by atoms with E-state index in [1.54, 1.807) is 0 Å². The first kappa shape index (κ1) is 16.9. The van der Waals surface area contributed by atoms with Crippen molar-refractivity contribution in [2.45, 2.75) is 44.6 Å². The molecule has 0 radical (unpaired) electrons. The van der Waals surface area contributed by atoms with Gasteiger partial charge >= 0.3 is 0 Å². The third-order valence-corrected chi connectivity index (χ3v) is 6.36. The second-order valence-corrected chi connectivity index (χ2v) is 7.92. The van der Waals surface area contributed by atoms with E-state index in [1.165, 1.54) is 31.4 Å².